The minimum Gasteiger partial charge on any atom is -0.368 e. The third kappa shape index (κ3) is 2.79. The maximum Gasteiger partial charge on any atom is 0.239 e. The van der Waals surface area contributed by atoms with Gasteiger partial charge in [-0.25, -0.2) is 0 Å². The van der Waals surface area contributed by atoms with Gasteiger partial charge in [0.25, 0.3) is 0 Å². The van der Waals surface area contributed by atoms with Gasteiger partial charge < -0.3 is 11.1 Å². The first-order valence-corrected chi connectivity index (χ1v) is 7.75. The lowest BCUT2D eigenvalue weighted by atomic mass is 10.00. The second-order valence-electron chi connectivity index (χ2n) is 5.13. The number of carbonyl (C=O) groups is 1. The van der Waals surface area contributed by atoms with E-state index in [1.807, 2.05) is 24.3 Å². The van der Waals surface area contributed by atoms with Crippen molar-refractivity contribution in [3.63, 3.8) is 0 Å². The third-order valence-electron chi connectivity index (χ3n) is 3.83. The highest BCUT2D eigenvalue weighted by Crippen LogP contribution is 2.31. The molecule has 3 rings (SSSR count). The largest absolute Gasteiger partial charge is 0.368 e. The van der Waals surface area contributed by atoms with Gasteiger partial charge in [-0.05, 0) is 12.1 Å². The quantitative estimate of drug-likeness (QED) is 0.880. The number of aromatic nitrogens is 1. The van der Waals surface area contributed by atoms with Crippen LogP contribution in [-0.4, -0.2) is 42.0 Å². The van der Waals surface area contributed by atoms with Crippen LogP contribution in [-0.2, 0) is 4.79 Å². The number of hydrogen-bond acceptors (Lipinski definition) is 4. The third-order valence-corrected chi connectivity index (χ3v) is 4.52. The number of hydrogen-bond donors (Lipinski definition) is 2. The number of pyridine rings is 1. The summed E-state index contributed by atoms with van der Waals surface area (Å²) in [6, 6.07) is 7.35. The van der Waals surface area contributed by atoms with Crippen LogP contribution >= 0.6 is 15.9 Å². The van der Waals surface area contributed by atoms with Crippen LogP contribution in [0.3, 0.4) is 0 Å². The summed E-state index contributed by atoms with van der Waals surface area (Å²) in [5.41, 5.74) is 7.39. The van der Waals surface area contributed by atoms with Crippen molar-refractivity contribution in [1.82, 2.24) is 15.2 Å². The van der Waals surface area contributed by atoms with E-state index in [1.54, 1.807) is 6.20 Å². The second kappa shape index (κ2) is 6.09. The molecule has 1 fully saturated rings. The Bertz CT molecular complexity index is 670. The molecule has 2 aromatic rings. The number of piperazine rings is 1. The number of fused-ring (bicyclic) bond motifs is 1. The average molecular weight is 349 g/mol. The van der Waals surface area contributed by atoms with Crippen LogP contribution in [0.4, 0.5) is 0 Å². The zero-order valence-corrected chi connectivity index (χ0v) is 13.1. The Morgan fingerprint density at radius 3 is 2.81 bits per heavy atom. The molecule has 1 aromatic carbocycles. The number of nitrogens with zero attached hydrogens (tertiary/aromatic N) is 2. The van der Waals surface area contributed by atoms with Crippen molar-refractivity contribution in [1.29, 1.82) is 0 Å². The van der Waals surface area contributed by atoms with Crippen molar-refractivity contribution >= 4 is 32.7 Å². The monoisotopic (exact) mass is 348 g/mol. The van der Waals surface area contributed by atoms with E-state index in [-0.39, 0.29) is 5.91 Å². The summed E-state index contributed by atoms with van der Waals surface area (Å²) >= 11 is 3.53. The number of nitrogens with one attached hydrogen (secondary N) is 1. The molecule has 2 heterocycles. The molecule has 1 aliphatic rings. The lowest BCUT2D eigenvalue weighted by Crippen LogP contribution is -2.48. The zero-order chi connectivity index (χ0) is 14.8. The van der Waals surface area contributed by atoms with Gasteiger partial charge in [0.05, 0.1) is 5.52 Å². The molecule has 0 saturated carbocycles. The van der Waals surface area contributed by atoms with E-state index in [0.717, 1.165) is 47.1 Å². The lowest BCUT2D eigenvalue weighted by Gasteiger charge is -2.33. The van der Waals surface area contributed by atoms with Crippen molar-refractivity contribution in [3.8, 4) is 0 Å². The fraction of sp³-hybridized carbons (Fsp3) is 0.333. The summed E-state index contributed by atoms with van der Waals surface area (Å²) < 4.78 is 0.970. The molecular weight excluding hydrogens is 332 g/mol. The average Bonchev–Trinajstić information content (AvgIpc) is 2.51. The van der Waals surface area contributed by atoms with Gasteiger partial charge in [0.1, 0.15) is 6.04 Å². The second-order valence-corrected chi connectivity index (χ2v) is 5.98. The molecule has 3 N–H and O–H groups in total. The highest BCUT2D eigenvalue weighted by molar-refractivity contribution is 9.10. The van der Waals surface area contributed by atoms with Gasteiger partial charge in [0.2, 0.25) is 5.91 Å². The van der Waals surface area contributed by atoms with E-state index in [4.69, 9.17) is 5.73 Å². The standard InChI is InChI=1S/C15H17BrN4O/c16-12-4-3-11(13-10(12)2-1-5-19-13)14(15(17)21)20-8-6-18-7-9-20/h1-5,14,18H,6-9H2,(H2,17,21). The Morgan fingerprint density at radius 1 is 1.33 bits per heavy atom. The molecule has 5 nitrogen and oxygen atoms in total. The maximum atomic E-state index is 12.0. The number of carbonyl (C=O) groups excluding carboxylic acids is 1. The molecule has 1 amide bonds. The van der Waals surface area contributed by atoms with Crippen molar-refractivity contribution in [2.45, 2.75) is 6.04 Å². The van der Waals surface area contributed by atoms with Crippen molar-refractivity contribution in [2.24, 2.45) is 5.73 Å². The van der Waals surface area contributed by atoms with Gasteiger partial charge in [-0.1, -0.05) is 28.1 Å². The van der Waals surface area contributed by atoms with Crippen LogP contribution in [0.5, 0.6) is 0 Å². The van der Waals surface area contributed by atoms with Gasteiger partial charge in [-0.2, -0.15) is 0 Å². The summed E-state index contributed by atoms with van der Waals surface area (Å²) in [7, 11) is 0. The Kier molecular flexibility index (Phi) is 4.19. The predicted octanol–water partition coefficient (Wildman–Crippen LogP) is 1.43. The normalized spacial score (nSPS) is 17.8. The smallest absolute Gasteiger partial charge is 0.239 e. The van der Waals surface area contributed by atoms with Gasteiger partial charge in [-0.15, -0.1) is 0 Å². The van der Waals surface area contributed by atoms with E-state index >= 15 is 0 Å². The van der Waals surface area contributed by atoms with Gasteiger partial charge in [-0.3, -0.25) is 14.7 Å². The summed E-state index contributed by atoms with van der Waals surface area (Å²) in [5, 5.41) is 4.29. The van der Waals surface area contributed by atoms with E-state index in [1.165, 1.54) is 0 Å². The molecule has 21 heavy (non-hydrogen) atoms. The molecule has 0 radical (unpaired) electrons. The van der Waals surface area contributed by atoms with Crippen molar-refractivity contribution in [2.75, 3.05) is 26.2 Å². The van der Waals surface area contributed by atoms with Crippen LogP contribution in [0.2, 0.25) is 0 Å². The van der Waals surface area contributed by atoms with Gasteiger partial charge in [0.15, 0.2) is 0 Å². The molecule has 0 bridgehead atoms. The first-order valence-electron chi connectivity index (χ1n) is 6.95. The fourth-order valence-corrected chi connectivity index (χ4v) is 3.30. The fourth-order valence-electron chi connectivity index (χ4n) is 2.85. The minimum atomic E-state index is -0.433. The summed E-state index contributed by atoms with van der Waals surface area (Å²) in [6.07, 6.45) is 1.74. The van der Waals surface area contributed by atoms with Crippen molar-refractivity contribution < 1.29 is 4.79 Å². The maximum absolute atomic E-state index is 12.0. The SMILES string of the molecule is NC(=O)C(c1ccc(Br)c2cccnc12)N1CCNCC1. The number of nitrogens with two attached hydrogens (primary N) is 1. The van der Waals surface area contributed by atoms with E-state index in [9.17, 15) is 4.79 Å². The Hall–Kier alpha value is -1.50. The summed E-state index contributed by atoms with van der Waals surface area (Å²) in [6.45, 7) is 3.34. The molecule has 6 heteroatoms. The van der Waals surface area contributed by atoms with Crippen LogP contribution < -0.4 is 11.1 Å². The van der Waals surface area contributed by atoms with Crippen LogP contribution in [0.15, 0.2) is 34.9 Å². The number of primary amides is 1. The molecule has 1 unspecified atom stereocenters. The molecule has 110 valence electrons. The molecule has 1 aliphatic heterocycles. The Labute approximate surface area is 131 Å². The number of rotatable bonds is 3. The lowest BCUT2D eigenvalue weighted by molar-refractivity contribution is -0.123. The molecule has 0 spiro atoms. The first kappa shape index (κ1) is 14.4. The van der Waals surface area contributed by atoms with Crippen LogP contribution in [0.25, 0.3) is 10.9 Å². The number of benzene rings is 1. The minimum absolute atomic E-state index is 0.328. The highest BCUT2D eigenvalue weighted by atomic mass is 79.9. The molecule has 1 aromatic heterocycles. The molecule has 1 atom stereocenters. The van der Waals surface area contributed by atoms with Crippen molar-refractivity contribution in [3.05, 3.63) is 40.5 Å². The zero-order valence-electron chi connectivity index (χ0n) is 11.6. The summed E-state index contributed by atoms with van der Waals surface area (Å²) in [5.74, 6) is -0.328. The van der Waals surface area contributed by atoms with E-state index in [2.05, 4.69) is 31.1 Å². The van der Waals surface area contributed by atoms with E-state index < -0.39 is 6.04 Å². The molecular formula is C15H17BrN4O. The summed E-state index contributed by atoms with van der Waals surface area (Å²) in [4.78, 5) is 18.6. The topological polar surface area (TPSA) is 71.2 Å². The molecule has 0 aliphatic carbocycles. The number of amides is 1. The Morgan fingerprint density at radius 2 is 2.10 bits per heavy atom. The predicted molar refractivity (Wildman–Crippen MR) is 85.8 cm³/mol. The van der Waals surface area contributed by atoms with Crippen LogP contribution in [0, 0.1) is 0 Å². The van der Waals surface area contributed by atoms with Gasteiger partial charge in [0, 0.05) is 47.8 Å². The van der Waals surface area contributed by atoms with E-state index in [0.29, 0.717) is 0 Å². The molecule has 1 saturated heterocycles. The highest BCUT2D eigenvalue weighted by Gasteiger charge is 2.28. The number of halogens is 1. The Balaban J connectivity index is 2.11. The van der Waals surface area contributed by atoms with Crippen LogP contribution in [0.1, 0.15) is 11.6 Å². The first-order chi connectivity index (χ1) is 10.2. The van der Waals surface area contributed by atoms with Gasteiger partial charge >= 0.3 is 0 Å².